The molecule has 1 aromatic carbocycles. The summed E-state index contributed by atoms with van der Waals surface area (Å²) >= 11 is 6.09. The lowest BCUT2D eigenvalue weighted by atomic mass is 10.1. The molecule has 1 aliphatic rings. The average Bonchev–Trinajstić information content (AvgIpc) is 2.56. The summed E-state index contributed by atoms with van der Waals surface area (Å²) in [5.41, 5.74) is 0.508. The molecule has 0 unspecified atom stereocenters. The van der Waals surface area contributed by atoms with E-state index < -0.39 is 0 Å². The van der Waals surface area contributed by atoms with E-state index in [0.29, 0.717) is 28.8 Å². The molecule has 1 aromatic rings. The highest BCUT2D eigenvalue weighted by molar-refractivity contribution is 6.32. The Hall–Kier alpha value is -1.66. The third kappa shape index (κ3) is 5.18. The van der Waals surface area contributed by atoms with Crippen LogP contribution in [0.25, 0.3) is 0 Å². The quantitative estimate of drug-likeness (QED) is 0.835. The largest absolute Gasteiger partial charge is 0.495 e. The number of benzene rings is 1. The van der Waals surface area contributed by atoms with Crippen molar-refractivity contribution in [2.24, 2.45) is 0 Å². The number of rotatable bonds is 6. The number of anilines is 1. The number of amides is 2. The molecule has 2 rings (SSSR count). The van der Waals surface area contributed by atoms with Crippen molar-refractivity contribution < 1.29 is 14.3 Å². The van der Waals surface area contributed by atoms with Crippen molar-refractivity contribution in [3.05, 3.63) is 17.2 Å². The van der Waals surface area contributed by atoms with Gasteiger partial charge in [0.25, 0.3) is 0 Å². The second kappa shape index (κ2) is 8.84. The van der Waals surface area contributed by atoms with Crippen LogP contribution in [0.4, 0.5) is 10.5 Å². The minimum Gasteiger partial charge on any atom is -0.495 e. The Morgan fingerprint density at radius 1 is 1.17 bits per heavy atom. The number of ether oxygens (including phenoxy) is 2. The van der Waals surface area contributed by atoms with Crippen molar-refractivity contribution >= 4 is 23.3 Å². The summed E-state index contributed by atoms with van der Waals surface area (Å²) in [6.07, 6.45) is 3.80. The van der Waals surface area contributed by atoms with Crippen LogP contribution < -0.4 is 20.1 Å². The number of hydrogen-bond donors (Lipinski definition) is 2. The number of hydrogen-bond acceptors (Lipinski definition) is 4. The molecule has 1 fully saturated rings. The highest BCUT2D eigenvalue weighted by atomic mass is 35.5. The molecule has 0 spiro atoms. The van der Waals surface area contributed by atoms with Gasteiger partial charge in [0.1, 0.15) is 11.5 Å². The second-order valence-corrected chi connectivity index (χ2v) is 5.88. The van der Waals surface area contributed by atoms with Crippen LogP contribution in [0.2, 0.25) is 5.02 Å². The van der Waals surface area contributed by atoms with Crippen LogP contribution in [0.3, 0.4) is 0 Å². The number of methoxy groups -OCH3 is 2. The van der Waals surface area contributed by atoms with Gasteiger partial charge in [-0.3, -0.25) is 0 Å². The number of urea groups is 1. The minimum atomic E-state index is -0.276. The number of piperidine rings is 1. The van der Waals surface area contributed by atoms with E-state index in [0.717, 1.165) is 19.6 Å². The lowest BCUT2D eigenvalue weighted by Crippen LogP contribution is -2.39. The molecule has 128 valence electrons. The van der Waals surface area contributed by atoms with Gasteiger partial charge in [0.2, 0.25) is 0 Å². The van der Waals surface area contributed by atoms with Crippen molar-refractivity contribution in [2.75, 3.05) is 45.7 Å². The standard InChI is InChI=1S/C16H24ClN3O3/c1-22-14-11-15(23-2)13(10-12(14)17)19-16(21)18-6-9-20-7-4-3-5-8-20/h10-11H,3-9H2,1-2H3,(H2,18,19,21). The summed E-state index contributed by atoms with van der Waals surface area (Å²) in [4.78, 5) is 14.4. The van der Waals surface area contributed by atoms with Crippen molar-refractivity contribution in [3.8, 4) is 11.5 Å². The summed E-state index contributed by atoms with van der Waals surface area (Å²) in [7, 11) is 3.06. The first-order chi connectivity index (χ1) is 11.1. The molecule has 0 radical (unpaired) electrons. The molecule has 2 amide bonds. The summed E-state index contributed by atoms with van der Waals surface area (Å²) in [5, 5.41) is 6.03. The molecule has 7 heteroatoms. The van der Waals surface area contributed by atoms with Crippen molar-refractivity contribution in [2.45, 2.75) is 19.3 Å². The maximum atomic E-state index is 12.0. The summed E-state index contributed by atoms with van der Waals surface area (Å²) in [5.74, 6) is 0.997. The van der Waals surface area contributed by atoms with Crippen molar-refractivity contribution in [3.63, 3.8) is 0 Å². The fraction of sp³-hybridized carbons (Fsp3) is 0.562. The number of nitrogens with zero attached hydrogens (tertiary/aromatic N) is 1. The maximum Gasteiger partial charge on any atom is 0.319 e. The third-order valence-corrected chi connectivity index (χ3v) is 4.18. The lowest BCUT2D eigenvalue weighted by Gasteiger charge is -2.26. The van der Waals surface area contributed by atoms with Gasteiger partial charge in [-0.2, -0.15) is 0 Å². The Labute approximate surface area is 142 Å². The maximum absolute atomic E-state index is 12.0. The van der Waals surface area contributed by atoms with E-state index in [4.69, 9.17) is 21.1 Å². The number of carbonyl (C=O) groups excluding carboxylic acids is 1. The van der Waals surface area contributed by atoms with Crippen LogP contribution in [-0.2, 0) is 0 Å². The Kier molecular flexibility index (Phi) is 6.80. The number of nitrogens with one attached hydrogen (secondary N) is 2. The van der Waals surface area contributed by atoms with Gasteiger partial charge in [-0.25, -0.2) is 4.79 Å². The molecule has 6 nitrogen and oxygen atoms in total. The Morgan fingerprint density at radius 3 is 2.52 bits per heavy atom. The molecular weight excluding hydrogens is 318 g/mol. The minimum absolute atomic E-state index is 0.276. The predicted octanol–water partition coefficient (Wildman–Crippen LogP) is 2.96. The summed E-state index contributed by atoms with van der Waals surface area (Å²) in [6.45, 7) is 3.71. The molecule has 0 bridgehead atoms. The van der Waals surface area contributed by atoms with E-state index in [9.17, 15) is 4.79 Å². The Bertz CT molecular complexity index is 534. The number of likely N-dealkylation sites (tertiary alicyclic amines) is 1. The topological polar surface area (TPSA) is 62.8 Å². The average molecular weight is 342 g/mol. The fourth-order valence-corrected chi connectivity index (χ4v) is 2.88. The van der Waals surface area contributed by atoms with E-state index >= 15 is 0 Å². The van der Waals surface area contributed by atoms with Crippen LogP contribution in [0, 0.1) is 0 Å². The van der Waals surface area contributed by atoms with Gasteiger partial charge < -0.3 is 25.0 Å². The third-order valence-electron chi connectivity index (χ3n) is 3.88. The zero-order chi connectivity index (χ0) is 16.7. The SMILES string of the molecule is COc1cc(OC)c(NC(=O)NCCN2CCCCC2)cc1Cl. The number of halogens is 1. The van der Waals surface area contributed by atoms with Gasteiger partial charge in [-0.1, -0.05) is 18.0 Å². The van der Waals surface area contributed by atoms with E-state index in [2.05, 4.69) is 15.5 Å². The molecule has 0 aromatic heterocycles. The first-order valence-electron chi connectivity index (χ1n) is 7.82. The van der Waals surface area contributed by atoms with E-state index in [-0.39, 0.29) is 6.03 Å². The zero-order valence-electron chi connectivity index (χ0n) is 13.7. The predicted molar refractivity (Wildman–Crippen MR) is 91.9 cm³/mol. The molecule has 0 aliphatic carbocycles. The Balaban J connectivity index is 1.85. The van der Waals surface area contributed by atoms with E-state index in [1.165, 1.54) is 33.5 Å². The van der Waals surface area contributed by atoms with Gasteiger partial charge >= 0.3 is 6.03 Å². The molecule has 1 heterocycles. The zero-order valence-corrected chi connectivity index (χ0v) is 14.4. The van der Waals surface area contributed by atoms with E-state index in [1.807, 2.05) is 0 Å². The van der Waals surface area contributed by atoms with Crippen molar-refractivity contribution in [1.82, 2.24) is 10.2 Å². The molecule has 2 N–H and O–H groups in total. The normalized spacial score (nSPS) is 15.1. The molecule has 1 aliphatic heterocycles. The van der Waals surface area contributed by atoms with Gasteiger partial charge in [0.15, 0.2) is 0 Å². The molecular formula is C16H24ClN3O3. The molecule has 0 atom stereocenters. The summed E-state index contributed by atoms with van der Waals surface area (Å²) < 4.78 is 10.4. The number of carbonyl (C=O) groups is 1. The molecule has 0 saturated carbocycles. The fourth-order valence-electron chi connectivity index (χ4n) is 2.63. The first kappa shape index (κ1) is 17.7. The smallest absolute Gasteiger partial charge is 0.319 e. The molecule has 23 heavy (non-hydrogen) atoms. The van der Waals surface area contributed by atoms with Gasteiger partial charge in [0.05, 0.1) is 24.9 Å². The second-order valence-electron chi connectivity index (χ2n) is 5.47. The van der Waals surface area contributed by atoms with Gasteiger partial charge in [-0.15, -0.1) is 0 Å². The van der Waals surface area contributed by atoms with E-state index in [1.54, 1.807) is 12.1 Å². The van der Waals surface area contributed by atoms with Crippen LogP contribution in [0.15, 0.2) is 12.1 Å². The Morgan fingerprint density at radius 2 is 1.87 bits per heavy atom. The summed E-state index contributed by atoms with van der Waals surface area (Å²) in [6, 6.07) is 2.98. The van der Waals surface area contributed by atoms with Gasteiger partial charge in [-0.05, 0) is 32.0 Å². The van der Waals surface area contributed by atoms with Crippen LogP contribution >= 0.6 is 11.6 Å². The first-order valence-corrected chi connectivity index (χ1v) is 8.20. The highest BCUT2D eigenvalue weighted by Gasteiger charge is 2.13. The van der Waals surface area contributed by atoms with Crippen molar-refractivity contribution in [1.29, 1.82) is 0 Å². The van der Waals surface area contributed by atoms with Crippen LogP contribution in [0.5, 0.6) is 11.5 Å². The highest BCUT2D eigenvalue weighted by Crippen LogP contribution is 2.35. The lowest BCUT2D eigenvalue weighted by molar-refractivity contribution is 0.224. The van der Waals surface area contributed by atoms with Crippen LogP contribution in [0.1, 0.15) is 19.3 Å². The monoisotopic (exact) mass is 341 g/mol. The van der Waals surface area contributed by atoms with Crippen LogP contribution in [-0.4, -0.2) is 51.3 Å². The van der Waals surface area contributed by atoms with Gasteiger partial charge in [0, 0.05) is 19.2 Å². The molecule has 1 saturated heterocycles.